The standard InChI is InChI=1S/C13H22N4S/c1-4-10(8-18-3)15-12-7-11(14-2)16-13(17-12)9-5-6-9/h7,9-10H,4-6,8H2,1-3H3,(H2,14,15,16,17). The molecule has 0 saturated heterocycles. The minimum absolute atomic E-state index is 0.478. The van der Waals surface area contributed by atoms with E-state index < -0.39 is 0 Å². The highest BCUT2D eigenvalue weighted by Gasteiger charge is 2.27. The van der Waals surface area contributed by atoms with Crippen molar-refractivity contribution in [3.05, 3.63) is 11.9 Å². The summed E-state index contributed by atoms with van der Waals surface area (Å²) in [5.41, 5.74) is 0. The summed E-state index contributed by atoms with van der Waals surface area (Å²) in [5, 5.41) is 6.63. The lowest BCUT2D eigenvalue weighted by Gasteiger charge is -2.17. The molecule has 5 heteroatoms. The third kappa shape index (κ3) is 3.51. The Labute approximate surface area is 113 Å². The zero-order valence-electron chi connectivity index (χ0n) is 11.4. The van der Waals surface area contributed by atoms with E-state index >= 15 is 0 Å². The topological polar surface area (TPSA) is 49.8 Å². The number of hydrogen-bond acceptors (Lipinski definition) is 5. The van der Waals surface area contributed by atoms with E-state index in [-0.39, 0.29) is 0 Å². The Morgan fingerprint density at radius 2 is 2.11 bits per heavy atom. The minimum atomic E-state index is 0.478. The van der Waals surface area contributed by atoms with Gasteiger partial charge in [-0.3, -0.25) is 0 Å². The fourth-order valence-corrected chi connectivity index (χ4v) is 2.59. The molecule has 1 aliphatic carbocycles. The molecule has 1 aliphatic rings. The highest BCUT2D eigenvalue weighted by molar-refractivity contribution is 7.98. The smallest absolute Gasteiger partial charge is 0.136 e. The first kappa shape index (κ1) is 13.5. The van der Waals surface area contributed by atoms with E-state index in [4.69, 9.17) is 0 Å². The SMILES string of the molecule is CCC(CSC)Nc1cc(NC)nc(C2CC2)n1. The van der Waals surface area contributed by atoms with Crippen molar-refractivity contribution in [1.29, 1.82) is 0 Å². The van der Waals surface area contributed by atoms with Gasteiger partial charge in [-0.15, -0.1) is 0 Å². The van der Waals surface area contributed by atoms with Gasteiger partial charge in [0.05, 0.1) is 0 Å². The monoisotopic (exact) mass is 266 g/mol. The zero-order chi connectivity index (χ0) is 13.0. The summed E-state index contributed by atoms with van der Waals surface area (Å²) in [6.45, 7) is 2.20. The Kier molecular flexibility index (Phi) is 4.69. The lowest BCUT2D eigenvalue weighted by Crippen LogP contribution is -2.22. The summed E-state index contributed by atoms with van der Waals surface area (Å²) in [4.78, 5) is 9.17. The molecule has 1 aromatic heterocycles. The highest BCUT2D eigenvalue weighted by atomic mass is 32.2. The predicted molar refractivity (Wildman–Crippen MR) is 79.6 cm³/mol. The van der Waals surface area contributed by atoms with Gasteiger partial charge in [0.1, 0.15) is 17.5 Å². The third-order valence-corrected chi connectivity index (χ3v) is 3.89. The van der Waals surface area contributed by atoms with Gasteiger partial charge in [-0.05, 0) is 25.5 Å². The highest BCUT2D eigenvalue weighted by Crippen LogP contribution is 2.38. The van der Waals surface area contributed by atoms with Crippen LogP contribution in [0.3, 0.4) is 0 Å². The third-order valence-electron chi connectivity index (χ3n) is 3.15. The van der Waals surface area contributed by atoms with E-state index in [0.29, 0.717) is 12.0 Å². The van der Waals surface area contributed by atoms with Crippen LogP contribution in [-0.2, 0) is 0 Å². The largest absolute Gasteiger partial charge is 0.373 e. The van der Waals surface area contributed by atoms with Crippen molar-refractivity contribution in [3.63, 3.8) is 0 Å². The summed E-state index contributed by atoms with van der Waals surface area (Å²) < 4.78 is 0. The molecule has 0 aliphatic heterocycles. The van der Waals surface area contributed by atoms with Gasteiger partial charge < -0.3 is 10.6 Å². The van der Waals surface area contributed by atoms with Gasteiger partial charge in [-0.25, -0.2) is 9.97 Å². The first-order valence-corrected chi connectivity index (χ1v) is 7.98. The maximum atomic E-state index is 4.64. The number of nitrogens with one attached hydrogen (secondary N) is 2. The lowest BCUT2D eigenvalue weighted by atomic mass is 10.2. The van der Waals surface area contributed by atoms with Crippen molar-refractivity contribution in [2.45, 2.75) is 38.1 Å². The van der Waals surface area contributed by atoms with Gasteiger partial charge in [0.25, 0.3) is 0 Å². The van der Waals surface area contributed by atoms with Crippen LogP contribution in [-0.4, -0.2) is 35.1 Å². The second kappa shape index (κ2) is 6.27. The molecule has 1 fully saturated rings. The number of nitrogens with zero attached hydrogens (tertiary/aromatic N) is 2. The molecule has 1 aromatic rings. The van der Waals surface area contributed by atoms with E-state index in [1.807, 2.05) is 24.9 Å². The normalized spacial score (nSPS) is 16.4. The molecule has 1 saturated carbocycles. The van der Waals surface area contributed by atoms with Crippen LogP contribution < -0.4 is 10.6 Å². The fraction of sp³-hybridized carbons (Fsp3) is 0.692. The maximum absolute atomic E-state index is 4.64. The first-order valence-electron chi connectivity index (χ1n) is 6.59. The number of hydrogen-bond donors (Lipinski definition) is 2. The fourth-order valence-electron chi connectivity index (χ4n) is 1.86. The predicted octanol–water partition coefficient (Wildman–Crippen LogP) is 2.95. The van der Waals surface area contributed by atoms with Gasteiger partial charge in [-0.1, -0.05) is 6.92 Å². The Hall–Kier alpha value is -0.970. The van der Waals surface area contributed by atoms with Crippen LogP contribution in [0.2, 0.25) is 0 Å². The van der Waals surface area contributed by atoms with Crippen molar-refractivity contribution in [3.8, 4) is 0 Å². The second-order valence-electron chi connectivity index (χ2n) is 4.73. The molecular formula is C13H22N4S. The molecule has 1 unspecified atom stereocenters. The molecule has 0 radical (unpaired) electrons. The lowest BCUT2D eigenvalue weighted by molar-refractivity contribution is 0.765. The molecule has 18 heavy (non-hydrogen) atoms. The minimum Gasteiger partial charge on any atom is -0.373 e. The number of anilines is 2. The van der Waals surface area contributed by atoms with Crippen LogP contribution in [0.4, 0.5) is 11.6 Å². The summed E-state index contributed by atoms with van der Waals surface area (Å²) in [7, 11) is 1.90. The maximum Gasteiger partial charge on any atom is 0.136 e. The second-order valence-corrected chi connectivity index (χ2v) is 5.64. The summed E-state index contributed by atoms with van der Waals surface area (Å²) in [6, 6.07) is 2.47. The molecule has 2 N–H and O–H groups in total. The first-order chi connectivity index (χ1) is 8.76. The van der Waals surface area contributed by atoms with Crippen LogP contribution in [0.15, 0.2) is 6.07 Å². The van der Waals surface area contributed by atoms with Gasteiger partial charge in [0.2, 0.25) is 0 Å². The molecule has 1 heterocycles. The van der Waals surface area contributed by atoms with Gasteiger partial charge >= 0.3 is 0 Å². The van der Waals surface area contributed by atoms with E-state index in [9.17, 15) is 0 Å². The van der Waals surface area contributed by atoms with Gasteiger partial charge in [-0.2, -0.15) is 11.8 Å². The molecule has 1 atom stereocenters. The molecule has 0 spiro atoms. The van der Waals surface area contributed by atoms with Crippen LogP contribution in [0.5, 0.6) is 0 Å². The molecular weight excluding hydrogens is 244 g/mol. The molecule has 2 rings (SSSR count). The molecule has 100 valence electrons. The van der Waals surface area contributed by atoms with E-state index in [1.54, 1.807) is 0 Å². The summed E-state index contributed by atoms with van der Waals surface area (Å²) in [6.07, 6.45) is 5.71. The van der Waals surface area contributed by atoms with E-state index in [1.165, 1.54) is 12.8 Å². The van der Waals surface area contributed by atoms with Crippen molar-refractivity contribution < 1.29 is 0 Å². The Morgan fingerprint density at radius 1 is 1.39 bits per heavy atom. The molecule has 0 bridgehead atoms. The van der Waals surface area contributed by atoms with Crippen molar-refractivity contribution in [1.82, 2.24) is 9.97 Å². The van der Waals surface area contributed by atoms with Gasteiger partial charge in [0, 0.05) is 30.8 Å². The molecule has 4 nitrogen and oxygen atoms in total. The number of rotatable bonds is 7. The van der Waals surface area contributed by atoms with Crippen molar-refractivity contribution in [2.24, 2.45) is 0 Å². The molecule has 0 aromatic carbocycles. The Bertz CT molecular complexity index is 393. The van der Waals surface area contributed by atoms with Crippen LogP contribution in [0.1, 0.15) is 37.9 Å². The van der Waals surface area contributed by atoms with Crippen molar-refractivity contribution >= 4 is 23.4 Å². The number of thioether (sulfide) groups is 1. The average Bonchev–Trinajstić information content (AvgIpc) is 3.22. The van der Waals surface area contributed by atoms with E-state index in [0.717, 1.165) is 29.6 Å². The van der Waals surface area contributed by atoms with Crippen molar-refractivity contribution in [2.75, 3.05) is 29.7 Å². The van der Waals surface area contributed by atoms with Crippen LogP contribution in [0, 0.1) is 0 Å². The van der Waals surface area contributed by atoms with Crippen LogP contribution >= 0.6 is 11.8 Å². The quantitative estimate of drug-likeness (QED) is 0.794. The Morgan fingerprint density at radius 3 is 2.67 bits per heavy atom. The number of aromatic nitrogens is 2. The van der Waals surface area contributed by atoms with E-state index in [2.05, 4.69) is 33.8 Å². The summed E-state index contributed by atoms with van der Waals surface area (Å²) in [5.74, 6) is 4.54. The molecule has 0 amide bonds. The Balaban J connectivity index is 2.12. The average molecular weight is 266 g/mol. The van der Waals surface area contributed by atoms with Crippen LogP contribution in [0.25, 0.3) is 0 Å². The zero-order valence-corrected chi connectivity index (χ0v) is 12.2. The summed E-state index contributed by atoms with van der Waals surface area (Å²) >= 11 is 1.86. The van der Waals surface area contributed by atoms with Gasteiger partial charge in [0.15, 0.2) is 0 Å².